The number of thiophene rings is 1. The van der Waals surface area contributed by atoms with Gasteiger partial charge in [0.2, 0.25) is 10.0 Å². The van der Waals surface area contributed by atoms with E-state index < -0.39 is 10.0 Å². The van der Waals surface area contributed by atoms with Gasteiger partial charge in [0.1, 0.15) is 4.34 Å². The SMILES string of the molecule is CNS(=O)(=O)c1ccc(C)c(NCc2cc(Br)c(Cl)s2)c1. The van der Waals surface area contributed by atoms with Crippen molar-refractivity contribution in [2.45, 2.75) is 18.4 Å². The number of anilines is 1. The van der Waals surface area contributed by atoms with Gasteiger partial charge < -0.3 is 5.32 Å². The second-order valence-electron chi connectivity index (χ2n) is 4.37. The van der Waals surface area contributed by atoms with Crippen molar-refractivity contribution in [2.75, 3.05) is 12.4 Å². The predicted octanol–water partition coefficient (Wildman–Crippen LogP) is 3.99. The minimum atomic E-state index is -3.44. The first-order chi connectivity index (χ1) is 9.83. The van der Waals surface area contributed by atoms with Crippen LogP contribution in [0.3, 0.4) is 0 Å². The van der Waals surface area contributed by atoms with Gasteiger partial charge in [0.15, 0.2) is 0 Å². The molecule has 114 valence electrons. The third kappa shape index (κ3) is 3.98. The standard InChI is InChI=1S/C13H14BrClN2O2S2/c1-8-3-4-10(21(18,19)16-2)6-12(8)17-7-9-5-11(14)13(15)20-9/h3-6,16-17H,7H2,1-2H3. The molecule has 1 aromatic heterocycles. The van der Waals surface area contributed by atoms with E-state index in [9.17, 15) is 8.42 Å². The maximum atomic E-state index is 11.8. The van der Waals surface area contributed by atoms with Gasteiger partial charge in [-0.25, -0.2) is 13.1 Å². The van der Waals surface area contributed by atoms with Crippen molar-refractivity contribution < 1.29 is 8.42 Å². The summed E-state index contributed by atoms with van der Waals surface area (Å²) in [6, 6.07) is 6.95. The van der Waals surface area contributed by atoms with Gasteiger partial charge in [-0.2, -0.15) is 0 Å². The zero-order valence-electron chi connectivity index (χ0n) is 11.4. The first-order valence-corrected chi connectivity index (χ1v) is 9.52. The van der Waals surface area contributed by atoms with E-state index in [0.717, 1.165) is 20.6 Å². The molecular weight excluding hydrogens is 396 g/mol. The van der Waals surface area contributed by atoms with Crippen LogP contribution in [0.1, 0.15) is 10.4 Å². The Balaban J connectivity index is 2.21. The summed E-state index contributed by atoms with van der Waals surface area (Å²) in [5.74, 6) is 0. The molecule has 8 heteroatoms. The highest BCUT2D eigenvalue weighted by molar-refractivity contribution is 9.10. The molecule has 4 nitrogen and oxygen atoms in total. The van der Waals surface area contributed by atoms with E-state index in [1.54, 1.807) is 18.2 Å². The zero-order valence-corrected chi connectivity index (χ0v) is 15.4. The molecule has 0 bridgehead atoms. The van der Waals surface area contributed by atoms with Gasteiger partial charge >= 0.3 is 0 Å². The highest BCUT2D eigenvalue weighted by atomic mass is 79.9. The van der Waals surface area contributed by atoms with Crippen LogP contribution in [0.15, 0.2) is 33.6 Å². The Morgan fingerprint density at radius 2 is 2.05 bits per heavy atom. The van der Waals surface area contributed by atoms with E-state index in [0.29, 0.717) is 10.9 Å². The molecule has 2 rings (SSSR count). The largest absolute Gasteiger partial charge is 0.380 e. The zero-order chi connectivity index (χ0) is 15.6. The van der Waals surface area contributed by atoms with E-state index in [2.05, 4.69) is 26.0 Å². The molecule has 0 aliphatic heterocycles. The molecule has 0 fully saturated rings. The second kappa shape index (κ2) is 6.66. The lowest BCUT2D eigenvalue weighted by molar-refractivity contribution is 0.588. The van der Waals surface area contributed by atoms with E-state index in [-0.39, 0.29) is 4.90 Å². The monoisotopic (exact) mass is 408 g/mol. The number of sulfonamides is 1. The van der Waals surface area contributed by atoms with Gasteiger partial charge in [0, 0.05) is 21.6 Å². The minimum absolute atomic E-state index is 0.239. The molecule has 2 N–H and O–H groups in total. The number of benzene rings is 1. The predicted molar refractivity (Wildman–Crippen MR) is 91.8 cm³/mol. The van der Waals surface area contributed by atoms with Crippen molar-refractivity contribution in [1.82, 2.24) is 4.72 Å². The van der Waals surface area contributed by atoms with Crippen molar-refractivity contribution >= 4 is 54.6 Å². The third-order valence-corrected chi connectivity index (χ3v) is 6.82. The van der Waals surface area contributed by atoms with Gasteiger partial charge in [-0.3, -0.25) is 0 Å². The molecule has 21 heavy (non-hydrogen) atoms. The smallest absolute Gasteiger partial charge is 0.240 e. The fourth-order valence-electron chi connectivity index (χ4n) is 1.74. The van der Waals surface area contributed by atoms with Crippen molar-refractivity contribution in [3.05, 3.63) is 43.5 Å². The molecule has 0 amide bonds. The van der Waals surface area contributed by atoms with E-state index in [1.807, 2.05) is 13.0 Å². The molecular formula is C13H14BrClN2O2S2. The lowest BCUT2D eigenvalue weighted by atomic mass is 10.2. The van der Waals surface area contributed by atoms with Gasteiger partial charge in [0.05, 0.1) is 4.90 Å². The molecule has 2 aromatic rings. The Morgan fingerprint density at radius 1 is 1.33 bits per heavy atom. The van der Waals surface area contributed by atoms with Crippen molar-refractivity contribution in [1.29, 1.82) is 0 Å². The lowest BCUT2D eigenvalue weighted by Gasteiger charge is -2.11. The van der Waals surface area contributed by atoms with Crippen LogP contribution in [0, 0.1) is 6.92 Å². The highest BCUT2D eigenvalue weighted by Crippen LogP contribution is 2.32. The summed E-state index contributed by atoms with van der Waals surface area (Å²) in [4.78, 5) is 1.30. The van der Waals surface area contributed by atoms with Crippen molar-refractivity contribution in [3.8, 4) is 0 Å². The number of halogens is 2. The van der Waals surface area contributed by atoms with Gasteiger partial charge in [-0.05, 0) is 53.7 Å². The minimum Gasteiger partial charge on any atom is -0.380 e. The van der Waals surface area contributed by atoms with E-state index in [4.69, 9.17) is 11.6 Å². The van der Waals surface area contributed by atoms with E-state index >= 15 is 0 Å². The van der Waals surface area contributed by atoms with Crippen LogP contribution in [0.25, 0.3) is 0 Å². The van der Waals surface area contributed by atoms with Gasteiger partial charge in [0.25, 0.3) is 0 Å². The first kappa shape index (κ1) is 16.8. The third-order valence-electron chi connectivity index (χ3n) is 2.94. The Hall–Kier alpha value is -0.600. The number of aryl methyl sites for hydroxylation is 1. The molecule has 0 saturated carbocycles. The number of rotatable bonds is 5. The summed E-state index contributed by atoms with van der Waals surface area (Å²) in [5.41, 5.74) is 1.76. The van der Waals surface area contributed by atoms with Crippen LogP contribution in [0.4, 0.5) is 5.69 Å². The van der Waals surface area contributed by atoms with Crippen LogP contribution < -0.4 is 10.0 Å². The van der Waals surface area contributed by atoms with Crippen LogP contribution >= 0.6 is 38.9 Å². The molecule has 0 spiro atoms. The highest BCUT2D eigenvalue weighted by Gasteiger charge is 2.13. The second-order valence-corrected chi connectivity index (χ2v) is 8.85. The summed E-state index contributed by atoms with van der Waals surface area (Å²) in [6.07, 6.45) is 0. The van der Waals surface area contributed by atoms with Crippen LogP contribution in [-0.2, 0) is 16.6 Å². The quantitative estimate of drug-likeness (QED) is 0.785. The maximum Gasteiger partial charge on any atom is 0.240 e. The van der Waals surface area contributed by atoms with Crippen LogP contribution in [0.5, 0.6) is 0 Å². The molecule has 0 aliphatic carbocycles. The Bertz CT molecular complexity index is 740. The summed E-state index contributed by atoms with van der Waals surface area (Å²) >= 11 is 10.8. The van der Waals surface area contributed by atoms with Crippen molar-refractivity contribution in [3.63, 3.8) is 0 Å². The van der Waals surface area contributed by atoms with Crippen LogP contribution in [0.2, 0.25) is 4.34 Å². The first-order valence-electron chi connectivity index (χ1n) is 6.05. The molecule has 0 saturated heterocycles. The number of nitrogens with one attached hydrogen (secondary N) is 2. The normalized spacial score (nSPS) is 11.6. The molecule has 0 atom stereocenters. The number of hydrogen-bond donors (Lipinski definition) is 2. The fraction of sp³-hybridized carbons (Fsp3) is 0.231. The molecule has 1 heterocycles. The van der Waals surface area contributed by atoms with Gasteiger partial charge in [-0.1, -0.05) is 17.7 Å². The summed E-state index contributed by atoms with van der Waals surface area (Å²) in [5, 5.41) is 3.25. The summed E-state index contributed by atoms with van der Waals surface area (Å²) in [7, 11) is -2.04. The Labute approximate surface area is 141 Å². The van der Waals surface area contributed by atoms with Crippen molar-refractivity contribution in [2.24, 2.45) is 0 Å². The average molecular weight is 410 g/mol. The average Bonchev–Trinajstić information content (AvgIpc) is 2.76. The molecule has 0 aliphatic rings. The lowest BCUT2D eigenvalue weighted by Crippen LogP contribution is -2.18. The molecule has 1 aromatic carbocycles. The topological polar surface area (TPSA) is 58.2 Å². The summed E-state index contributed by atoms with van der Waals surface area (Å²) in [6.45, 7) is 2.51. The maximum absolute atomic E-state index is 11.8. The summed E-state index contributed by atoms with van der Waals surface area (Å²) < 4.78 is 27.5. The van der Waals surface area contributed by atoms with Gasteiger partial charge in [-0.15, -0.1) is 11.3 Å². The molecule has 0 unspecified atom stereocenters. The number of hydrogen-bond acceptors (Lipinski definition) is 4. The molecule has 0 radical (unpaired) electrons. The van der Waals surface area contributed by atoms with Crippen LogP contribution in [-0.4, -0.2) is 15.5 Å². The Kier molecular flexibility index (Phi) is 5.32. The van der Waals surface area contributed by atoms with E-state index in [1.165, 1.54) is 18.4 Å². The fourth-order valence-corrected chi connectivity index (χ4v) is 4.22. The Morgan fingerprint density at radius 3 is 2.62 bits per heavy atom.